The molecule has 6 heteroatoms. The molecule has 1 heterocycles. The molecule has 1 saturated heterocycles. The first-order valence-electron chi connectivity index (χ1n) is 6.14. The number of nitrogens with one attached hydrogen (secondary N) is 1. The monoisotopic (exact) mass is 270 g/mol. The van der Waals surface area contributed by atoms with Crippen molar-refractivity contribution in [3.63, 3.8) is 0 Å². The molecule has 0 aliphatic carbocycles. The summed E-state index contributed by atoms with van der Waals surface area (Å²) < 4.78 is 28.6. The molecule has 4 nitrogen and oxygen atoms in total. The van der Waals surface area contributed by atoms with Crippen LogP contribution in [0.1, 0.15) is 17.3 Å². The van der Waals surface area contributed by atoms with E-state index < -0.39 is 6.61 Å². The van der Waals surface area contributed by atoms with Crippen molar-refractivity contribution in [1.29, 1.82) is 0 Å². The Morgan fingerprint density at radius 3 is 3.00 bits per heavy atom. The van der Waals surface area contributed by atoms with Gasteiger partial charge in [0, 0.05) is 31.2 Å². The van der Waals surface area contributed by atoms with Gasteiger partial charge in [0.25, 0.3) is 5.91 Å². The fraction of sp³-hybridized carbons (Fsp3) is 0.462. The van der Waals surface area contributed by atoms with Gasteiger partial charge in [-0.15, -0.1) is 0 Å². The molecule has 1 N–H and O–H groups in total. The van der Waals surface area contributed by atoms with Crippen molar-refractivity contribution < 1.29 is 18.3 Å². The second kappa shape index (κ2) is 5.97. The number of amides is 1. The summed E-state index contributed by atoms with van der Waals surface area (Å²) in [5.74, 6) is -0.155. The van der Waals surface area contributed by atoms with Crippen molar-refractivity contribution in [2.75, 3.05) is 19.6 Å². The van der Waals surface area contributed by atoms with E-state index in [0.717, 1.165) is 6.54 Å². The molecule has 0 bridgehead atoms. The van der Waals surface area contributed by atoms with E-state index in [1.165, 1.54) is 18.2 Å². The molecule has 1 atom stereocenters. The number of alkyl halides is 2. The number of carbonyl (C=O) groups is 1. The van der Waals surface area contributed by atoms with E-state index in [2.05, 4.69) is 10.1 Å². The molecule has 1 fully saturated rings. The van der Waals surface area contributed by atoms with Gasteiger partial charge in [0.05, 0.1) is 0 Å². The van der Waals surface area contributed by atoms with Gasteiger partial charge >= 0.3 is 6.61 Å². The lowest BCUT2D eigenvalue weighted by molar-refractivity contribution is -0.0499. The first-order chi connectivity index (χ1) is 9.06. The summed E-state index contributed by atoms with van der Waals surface area (Å²) in [4.78, 5) is 13.9. The third-order valence-corrected chi connectivity index (χ3v) is 2.96. The fourth-order valence-electron chi connectivity index (χ4n) is 2.10. The van der Waals surface area contributed by atoms with Crippen LogP contribution in [0.15, 0.2) is 24.3 Å². The summed E-state index contributed by atoms with van der Waals surface area (Å²) in [7, 11) is 0. The predicted octanol–water partition coefficient (Wildman–Crippen LogP) is 1.72. The Bertz CT molecular complexity index is 454. The quantitative estimate of drug-likeness (QED) is 0.909. The zero-order valence-electron chi connectivity index (χ0n) is 10.6. The molecule has 1 aromatic rings. The molecule has 0 spiro atoms. The number of benzene rings is 1. The van der Waals surface area contributed by atoms with E-state index in [0.29, 0.717) is 18.7 Å². The highest BCUT2D eigenvalue weighted by molar-refractivity contribution is 5.94. The van der Waals surface area contributed by atoms with Crippen LogP contribution in [0.4, 0.5) is 8.78 Å². The summed E-state index contributed by atoms with van der Waals surface area (Å²) in [5, 5.41) is 3.24. The average Bonchev–Trinajstić information content (AvgIpc) is 2.37. The number of rotatable bonds is 3. The second-order valence-electron chi connectivity index (χ2n) is 4.51. The largest absolute Gasteiger partial charge is 0.435 e. The van der Waals surface area contributed by atoms with Crippen molar-refractivity contribution in [3.05, 3.63) is 29.8 Å². The van der Waals surface area contributed by atoms with E-state index in [-0.39, 0.29) is 17.7 Å². The molecule has 1 aromatic carbocycles. The number of hydrogen-bond donors (Lipinski definition) is 1. The third kappa shape index (κ3) is 3.64. The maximum absolute atomic E-state index is 12.2. The standard InChI is InChI=1S/C13H16F2N2O2/c1-9-8-17(6-5-16-9)12(18)10-3-2-4-11(7-10)19-13(14)15/h2-4,7,9,13,16H,5-6,8H2,1H3/t9-/m1/s1. The van der Waals surface area contributed by atoms with Crippen molar-refractivity contribution in [1.82, 2.24) is 10.2 Å². The van der Waals surface area contributed by atoms with E-state index in [4.69, 9.17) is 0 Å². The van der Waals surface area contributed by atoms with Crippen LogP contribution in [-0.4, -0.2) is 43.1 Å². The van der Waals surface area contributed by atoms with Crippen molar-refractivity contribution in [2.45, 2.75) is 19.6 Å². The highest BCUT2D eigenvalue weighted by Crippen LogP contribution is 2.17. The topological polar surface area (TPSA) is 41.6 Å². The van der Waals surface area contributed by atoms with Gasteiger partial charge < -0.3 is 15.0 Å². The highest BCUT2D eigenvalue weighted by Gasteiger charge is 2.22. The Labute approximate surface area is 110 Å². The molecule has 1 aliphatic rings. The lowest BCUT2D eigenvalue weighted by Crippen LogP contribution is -2.51. The number of carbonyl (C=O) groups excluding carboxylic acids is 1. The van der Waals surface area contributed by atoms with Crippen LogP contribution < -0.4 is 10.1 Å². The first-order valence-corrected chi connectivity index (χ1v) is 6.14. The van der Waals surface area contributed by atoms with Crippen LogP contribution in [0.25, 0.3) is 0 Å². The van der Waals surface area contributed by atoms with Gasteiger partial charge in [-0.2, -0.15) is 8.78 Å². The van der Waals surface area contributed by atoms with Crippen LogP contribution in [0.3, 0.4) is 0 Å². The summed E-state index contributed by atoms with van der Waals surface area (Å²) in [5.41, 5.74) is 0.368. The van der Waals surface area contributed by atoms with Crippen LogP contribution >= 0.6 is 0 Å². The Morgan fingerprint density at radius 1 is 1.53 bits per heavy atom. The summed E-state index contributed by atoms with van der Waals surface area (Å²) in [6.45, 7) is 1.07. The SMILES string of the molecule is C[C@@H]1CN(C(=O)c2cccc(OC(F)F)c2)CCN1. The number of ether oxygens (including phenoxy) is 1. The molecule has 0 aromatic heterocycles. The van der Waals surface area contributed by atoms with Gasteiger partial charge in [0.1, 0.15) is 5.75 Å². The smallest absolute Gasteiger partial charge is 0.387 e. The molecule has 0 saturated carbocycles. The number of halogens is 2. The predicted molar refractivity (Wildman–Crippen MR) is 66.4 cm³/mol. The number of nitrogens with zero attached hydrogens (tertiary/aromatic N) is 1. The first kappa shape index (κ1) is 13.7. The van der Waals surface area contributed by atoms with Gasteiger partial charge in [-0.3, -0.25) is 4.79 Å². The highest BCUT2D eigenvalue weighted by atomic mass is 19.3. The molecule has 0 unspecified atom stereocenters. The van der Waals surface area contributed by atoms with Crippen molar-refractivity contribution in [2.24, 2.45) is 0 Å². The third-order valence-electron chi connectivity index (χ3n) is 2.96. The van der Waals surface area contributed by atoms with Crippen LogP contribution in [0.5, 0.6) is 5.75 Å². The minimum absolute atomic E-state index is 0.00373. The van der Waals surface area contributed by atoms with Gasteiger partial charge in [-0.1, -0.05) is 6.07 Å². The molecular formula is C13H16F2N2O2. The minimum Gasteiger partial charge on any atom is -0.435 e. The van der Waals surface area contributed by atoms with Crippen molar-refractivity contribution >= 4 is 5.91 Å². The Balaban J connectivity index is 2.10. The van der Waals surface area contributed by atoms with E-state index >= 15 is 0 Å². The molecule has 1 amide bonds. The molecule has 0 radical (unpaired) electrons. The Hall–Kier alpha value is -1.69. The fourth-order valence-corrected chi connectivity index (χ4v) is 2.10. The summed E-state index contributed by atoms with van der Waals surface area (Å²) >= 11 is 0. The minimum atomic E-state index is -2.88. The maximum atomic E-state index is 12.2. The van der Waals surface area contributed by atoms with E-state index in [1.54, 1.807) is 11.0 Å². The molecular weight excluding hydrogens is 254 g/mol. The Morgan fingerprint density at radius 2 is 2.32 bits per heavy atom. The zero-order chi connectivity index (χ0) is 13.8. The second-order valence-corrected chi connectivity index (χ2v) is 4.51. The normalized spacial score (nSPS) is 19.6. The molecule has 19 heavy (non-hydrogen) atoms. The molecule has 2 rings (SSSR count). The average molecular weight is 270 g/mol. The molecule has 1 aliphatic heterocycles. The van der Waals surface area contributed by atoms with Crippen LogP contribution in [0, 0.1) is 0 Å². The van der Waals surface area contributed by atoms with E-state index in [1.807, 2.05) is 6.92 Å². The zero-order valence-corrected chi connectivity index (χ0v) is 10.6. The van der Waals surface area contributed by atoms with Gasteiger partial charge in [0.2, 0.25) is 0 Å². The van der Waals surface area contributed by atoms with Gasteiger partial charge in [0.15, 0.2) is 0 Å². The molecule has 104 valence electrons. The number of hydrogen-bond acceptors (Lipinski definition) is 3. The van der Waals surface area contributed by atoms with Gasteiger partial charge in [-0.25, -0.2) is 0 Å². The lowest BCUT2D eigenvalue weighted by atomic mass is 10.1. The maximum Gasteiger partial charge on any atom is 0.387 e. The number of piperazine rings is 1. The van der Waals surface area contributed by atoms with Crippen molar-refractivity contribution in [3.8, 4) is 5.75 Å². The lowest BCUT2D eigenvalue weighted by Gasteiger charge is -2.32. The van der Waals surface area contributed by atoms with Gasteiger partial charge in [-0.05, 0) is 25.1 Å². The summed E-state index contributed by atoms with van der Waals surface area (Å²) in [6.07, 6.45) is 0. The summed E-state index contributed by atoms with van der Waals surface area (Å²) in [6, 6.07) is 6.13. The Kier molecular flexibility index (Phi) is 4.31. The van der Waals surface area contributed by atoms with E-state index in [9.17, 15) is 13.6 Å². The van der Waals surface area contributed by atoms with Crippen LogP contribution in [0.2, 0.25) is 0 Å². The van der Waals surface area contributed by atoms with Crippen LogP contribution in [-0.2, 0) is 0 Å².